The number of hydrogen-bond donors (Lipinski definition) is 2. The lowest BCUT2D eigenvalue weighted by Crippen LogP contribution is -2.33. The van der Waals surface area contributed by atoms with Gasteiger partial charge >= 0.3 is 0 Å². The summed E-state index contributed by atoms with van der Waals surface area (Å²) < 4.78 is 22.2. The molecule has 2 atom stereocenters. The number of sulfone groups is 1. The van der Waals surface area contributed by atoms with E-state index in [4.69, 9.17) is 12.2 Å². The normalized spacial score (nSPS) is 38.1. The Morgan fingerprint density at radius 3 is 2.83 bits per heavy atom. The molecule has 7 heteroatoms. The minimum atomic E-state index is -2.99. The second-order valence-corrected chi connectivity index (χ2v) is 5.59. The van der Waals surface area contributed by atoms with Crippen LogP contribution in [0.25, 0.3) is 0 Å². The maximum Gasteiger partial charge on any atom is 0.193 e. The van der Waals surface area contributed by atoms with E-state index in [1.165, 1.54) is 0 Å². The van der Waals surface area contributed by atoms with Crippen LogP contribution in [0.4, 0.5) is 0 Å². The molecule has 2 N–H and O–H groups in total. The van der Waals surface area contributed by atoms with Crippen molar-refractivity contribution in [2.45, 2.75) is 12.1 Å². The average Bonchev–Trinajstić information content (AvgIpc) is 2.33. The molecule has 0 bridgehead atoms. The molecule has 0 amide bonds. The summed E-state index contributed by atoms with van der Waals surface area (Å²) >= 11 is 4.74. The molecule has 2 fully saturated rings. The Balaban J connectivity index is 2.27. The van der Waals surface area contributed by atoms with Gasteiger partial charge in [0.05, 0.1) is 23.6 Å². The summed E-state index contributed by atoms with van der Waals surface area (Å²) in [6.45, 7) is 0. The van der Waals surface area contributed by atoms with E-state index < -0.39 is 9.84 Å². The van der Waals surface area contributed by atoms with E-state index in [1.54, 1.807) is 0 Å². The van der Waals surface area contributed by atoms with E-state index in [0.717, 1.165) is 5.06 Å². The number of rotatable bonds is 0. The van der Waals surface area contributed by atoms with Crippen molar-refractivity contribution in [2.24, 2.45) is 0 Å². The molecule has 12 heavy (non-hydrogen) atoms. The molecule has 0 spiro atoms. The van der Waals surface area contributed by atoms with Gasteiger partial charge in [-0.05, 0) is 12.2 Å². The predicted octanol–water partition coefficient (Wildman–Crippen LogP) is -1.27. The average molecular weight is 208 g/mol. The van der Waals surface area contributed by atoms with Crippen LogP contribution in [0.5, 0.6) is 0 Å². The first-order chi connectivity index (χ1) is 5.49. The zero-order valence-electron chi connectivity index (χ0n) is 6.10. The number of nitrogens with one attached hydrogen (secondary N) is 1. The predicted molar refractivity (Wildman–Crippen MR) is 45.6 cm³/mol. The van der Waals surface area contributed by atoms with Gasteiger partial charge in [-0.25, -0.2) is 13.5 Å². The van der Waals surface area contributed by atoms with Gasteiger partial charge in [0, 0.05) is 0 Å². The van der Waals surface area contributed by atoms with Crippen LogP contribution in [0.3, 0.4) is 0 Å². The van der Waals surface area contributed by atoms with Gasteiger partial charge < -0.3 is 5.32 Å². The highest BCUT2D eigenvalue weighted by Crippen LogP contribution is 2.22. The summed E-state index contributed by atoms with van der Waals surface area (Å²) in [4.78, 5) is 0. The summed E-state index contributed by atoms with van der Waals surface area (Å²) in [5.41, 5.74) is 0. The van der Waals surface area contributed by atoms with Crippen molar-refractivity contribution >= 4 is 27.2 Å². The van der Waals surface area contributed by atoms with Crippen molar-refractivity contribution in [2.75, 3.05) is 11.5 Å². The summed E-state index contributed by atoms with van der Waals surface area (Å²) in [7, 11) is -2.99. The van der Waals surface area contributed by atoms with E-state index in [-0.39, 0.29) is 28.7 Å². The fourth-order valence-corrected chi connectivity index (χ4v) is 3.75. The van der Waals surface area contributed by atoms with Crippen LogP contribution in [-0.2, 0) is 9.84 Å². The Morgan fingerprint density at radius 2 is 2.25 bits per heavy atom. The summed E-state index contributed by atoms with van der Waals surface area (Å²) in [5.74, 6) is 0.0518. The molecule has 0 aromatic rings. The molecule has 68 valence electrons. The Kier molecular flexibility index (Phi) is 1.57. The van der Waals surface area contributed by atoms with Crippen molar-refractivity contribution < 1.29 is 13.6 Å². The Morgan fingerprint density at radius 1 is 1.58 bits per heavy atom. The van der Waals surface area contributed by atoms with Crippen molar-refractivity contribution in [1.82, 2.24) is 10.4 Å². The van der Waals surface area contributed by atoms with Crippen LogP contribution in [0.15, 0.2) is 0 Å². The lowest BCUT2D eigenvalue weighted by Gasteiger charge is -2.13. The highest BCUT2D eigenvalue weighted by molar-refractivity contribution is 7.91. The summed E-state index contributed by atoms with van der Waals surface area (Å²) in [6, 6.07) is -0.616. The number of thiocarbonyl (C=S) groups is 1. The van der Waals surface area contributed by atoms with Crippen LogP contribution in [-0.4, -0.2) is 47.4 Å². The lowest BCUT2D eigenvalue weighted by atomic mass is 10.2. The van der Waals surface area contributed by atoms with Crippen LogP contribution >= 0.6 is 12.2 Å². The molecule has 2 aliphatic rings. The SMILES string of the molecule is O=S1(=O)CC2NC(=S)N(O)C2C1. The van der Waals surface area contributed by atoms with Gasteiger partial charge in [0.2, 0.25) is 0 Å². The summed E-state index contributed by atoms with van der Waals surface area (Å²) in [5, 5.41) is 13.1. The molecular formula is C5H8N2O3S2. The first kappa shape index (κ1) is 8.21. The molecule has 0 aromatic heterocycles. The van der Waals surface area contributed by atoms with Gasteiger partial charge in [-0.2, -0.15) is 0 Å². The molecule has 2 aliphatic heterocycles. The maximum atomic E-state index is 11.1. The number of fused-ring (bicyclic) bond motifs is 1. The van der Waals surface area contributed by atoms with Crippen molar-refractivity contribution in [1.29, 1.82) is 0 Å². The second kappa shape index (κ2) is 2.30. The zero-order chi connectivity index (χ0) is 8.93. The quantitative estimate of drug-likeness (QED) is 0.484. The minimum absolute atomic E-state index is 0.0126. The summed E-state index contributed by atoms with van der Waals surface area (Å²) in [6.07, 6.45) is 0. The fourth-order valence-electron chi connectivity index (χ4n) is 1.58. The largest absolute Gasteiger partial charge is 0.355 e. The Bertz CT molecular complexity index is 326. The smallest absolute Gasteiger partial charge is 0.193 e. The van der Waals surface area contributed by atoms with Crippen molar-refractivity contribution in [3.05, 3.63) is 0 Å². The Labute approximate surface area is 75.2 Å². The highest BCUT2D eigenvalue weighted by atomic mass is 32.2. The second-order valence-electron chi connectivity index (χ2n) is 3.04. The van der Waals surface area contributed by atoms with E-state index in [1.807, 2.05) is 0 Å². The molecule has 0 aromatic carbocycles. The molecule has 2 rings (SSSR count). The van der Waals surface area contributed by atoms with Gasteiger partial charge in [-0.15, -0.1) is 0 Å². The third-order valence-electron chi connectivity index (χ3n) is 2.15. The van der Waals surface area contributed by atoms with E-state index in [9.17, 15) is 13.6 Å². The number of nitrogens with zero attached hydrogens (tertiary/aromatic N) is 1. The Hall–Kier alpha value is -0.400. The van der Waals surface area contributed by atoms with Gasteiger partial charge in [0.15, 0.2) is 14.9 Å². The topological polar surface area (TPSA) is 69.6 Å². The van der Waals surface area contributed by atoms with Crippen LogP contribution in [0, 0.1) is 0 Å². The molecule has 0 radical (unpaired) electrons. The minimum Gasteiger partial charge on any atom is -0.355 e. The van der Waals surface area contributed by atoms with Crippen LogP contribution in [0.1, 0.15) is 0 Å². The van der Waals surface area contributed by atoms with Crippen molar-refractivity contribution in [3.63, 3.8) is 0 Å². The maximum absolute atomic E-state index is 11.1. The van der Waals surface area contributed by atoms with Gasteiger partial charge in [-0.1, -0.05) is 0 Å². The lowest BCUT2D eigenvalue weighted by molar-refractivity contribution is -0.0327. The first-order valence-electron chi connectivity index (χ1n) is 3.49. The van der Waals surface area contributed by atoms with E-state index in [0.29, 0.717) is 0 Å². The highest BCUT2D eigenvalue weighted by Gasteiger charge is 2.46. The van der Waals surface area contributed by atoms with Crippen molar-refractivity contribution in [3.8, 4) is 0 Å². The molecule has 5 nitrogen and oxygen atoms in total. The van der Waals surface area contributed by atoms with Crippen LogP contribution in [0.2, 0.25) is 0 Å². The standard InChI is InChI=1S/C5H8N2O3S2/c8-7-4-2-12(9,10)1-3(4)6-5(7)11/h3-4,8H,1-2H2,(H,6,11). The number of hydrogen-bond acceptors (Lipinski definition) is 4. The third kappa shape index (κ3) is 1.08. The first-order valence-corrected chi connectivity index (χ1v) is 5.71. The van der Waals surface area contributed by atoms with Crippen LogP contribution < -0.4 is 5.32 Å². The molecule has 2 saturated heterocycles. The molecule has 0 aliphatic carbocycles. The zero-order valence-corrected chi connectivity index (χ0v) is 7.73. The fraction of sp³-hybridized carbons (Fsp3) is 0.800. The van der Waals surface area contributed by atoms with Gasteiger partial charge in [0.1, 0.15) is 0 Å². The van der Waals surface area contributed by atoms with Gasteiger partial charge in [0.25, 0.3) is 0 Å². The molecule has 0 saturated carbocycles. The monoisotopic (exact) mass is 208 g/mol. The van der Waals surface area contributed by atoms with Gasteiger partial charge in [-0.3, -0.25) is 5.21 Å². The molecular weight excluding hydrogens is 200 g/mol. The molecule has 2 heterocycles. The van der Waals surface area contributed by atoms with E-state index in [2.05, 4.69) is 5.32 Å². The molecule has 2 unspecified atom stereocenters. The third-order valence-corrected chi connectivity index (χ3v) is 4.18. The van der Waals surface area contributed by atoms with E-state index >= 15 is 0 Å². The number of hydroxylamine groups is 2.